The van der Waals surface area contributed by atoms with E-state index < -0.39 is 0 Å². The minimum absolute atomic E-state index is 0.0394. The molecule has 5 rings (SSSR count). The van der Waals surface area contributed by atoms with Crippen molar-refractivity contribution in [1.29, 1.82) is 0 Å². The van der Waals surface area contributed by atoms with Gasteiger partial charge >= 0.3 is 0 Å². The minimum atomic E-state index is -0.0394. The van der Waals surface area contributed by atoms with Crippen molar-refractivity contribution in [3.05, 3.63) is 89.5 Å². The highest BCUT2D eigenvalue weighted by molar-refractivity contribution is 6.32. The smallest absolute Gasteiger partial charge is 0.231 e. The van der Waals surface area contributed by atoms with Crippen molar-refractivity contribution in [2.24, 2.45) is 0 Å². The largest absolute Gasteiger partial charge is 0.492 e. The molecule has 0 amide bonds. The molecule has 3 aromatic carbocycles. The molecule has 2 heterocycles. The van der Waals surface area contributed by atoms with Crippen LogP contribution in [0.3, 0.4) is 0 Å². The van der Waals surface area contributed by atoms with E-state index in [1.165, 1.54) is 12.8 Å². The topological polar surface area (TPSA) is 48.0 Å². The summed E-state index contributed by atoms with van der Waals surface area (Å²) in [5.41, 5.74) is 2.99. The summed E-state index contributed by atoms with van der Waals surface area (Å²) in [6.45, 7) is 4.15. The van der Waals surface area contributed by atoms with Gasteiger partial charge in [-0.1, -0.05) is 36.4 Å². The van der Waals surface area contributed by atoms with E-state index in [4.69, 9.17) is 14.2 Å². The lowest BCUT2D eigenvalue weighted by atomic mass is 9.94. The molecule has 33 heavy (non-hydrogen) atoms. The van der Waals surface area contributed by atoms with Gasteiger partial charge in [0.05, 0.1) is 0 Å². The molecule has 1 fully saturated rings. The monoisotopic (exact) mass is 441 g/mol. The zero-order valence-corrected chi connectivity index (χ0v) is 18.5. The van der Waals surface area contributed by atoms with Gasteiger partial charge < -0.3 is 14.2 Å². The first-order valence-corrected chi connectivity index (χ1v) is 11.4. The number of ketones is 1. The molecule has 168 valence electrons. The van der Waals surface area contributed by atoms with Crippen LogP contribution in [0, 0.1) is 0 Å². The maximum atomic E-state index is 13.5. The number of fused-ring (bicyclic) bond motifs is 1. The molecule has 0 saturated carbocycles. The Bertz CT molecular complexity index is 1130. The second kappa shape index (κ2) is 9.92. The van der Waals surface area contributed by atoms with Crippen LogP contribution < -0.4 is 14.2 Å². The van der Waals surface area contributed by atoms with Crippen LogP contribution in [-0.2, 0) is 0 Å². The zero-order valence-electron chi connectivity index (χ0n) is 18.5. The van der Waals surface area contributed by atoms with Crippen LogP contribution in [0.25, 0.3) is 11.6 Å². The van der Waals surface area contributed by atoms with E-state index in [9.17, 15) is 4.79 Å². The Hall–Kier alpha value is -3.57. The Morgan fingerprint density at radius 3 is 2.42 bits per heavy atom. The molecule has 0 radical (unpaired) electrons. The third-order valence-electron chi connectivity index (χ3n) is 6.03. The van der Waals surface area contributed by atoms with E-state index in [-0.39, 0.29) is 12.6 Å². The van der Waals surface area contributed by atoms with E-state index >= 15 is 0 Å². The second-order valence-corrected chi connectivity index (χ2v) is 8.29. The Morgan fingerprint density at radius 2 is 1.64 bits per heavy atom. The maximum Gasteiger partial charge on any atom is 0.231 e. The number of Topliss-reactive ketones (excluding diaryl/α,β-unsaturated/α-hetero) is 1. The average Bonchev–Trinajstić information content (AvgIpc) is 3.55. The lowest BCUT2D eigenvalue weighted by Gasteiger charge is -2.15. The normalized spacial score (nSPS) is 15.6. The van der Waals surface area contributed by atoms with Crippen LogP contribution in [0.15, 0.2) is 72.8 Å². The molecule has 0 unspecified atom stereocenters. The fourth-order valence-corrected chi connectivity index (χ4v) is 4.22. The van der Waals surface area contributed by atoms with Crippen LogP contribution in [0.2, 0.25) is 0 Å². The van der Waals surface area contributed by atoms with Crippen LogP contribution in [-0.4, -0.2) is 43.7 Å². The predicted molar refractivity (Wildman–Crippen MR) is 129 cm³/mol. The Labute approximate surface area is 194 Å². The summed E-state index contributed by atoms with van der Waals surface area (Å²) in [4.78, 5) is 15.9. The molecule has 5 heteroatoms. The standard InChI is InChI=1S/C28H27NO4/c30-28(23-9-11-24(12-10-23)31-17-16-29-14-4-5-15-29)25(22-6-2-1-3-7-22)18-21-8-13-26-27(19-21)33-20-32-26/h1-3,6-13,18-19H,4-5,14-17,20H2. The van der Waals surface area contributed by atoms with Crippen LogP contribution in [0.5, 0.6) is 17.2 Å². The number of likely N-dealkylation sites (tertiary alicyclic amines) is 1. The number of nitrogens with zero attached hydrogens (tertiary/aromatic N) is 1. The first kappa shape index (κ1) is 21.3. The highest BCUT2D eigenvalue weighted by Crippen LogP contribution is 2.34. The third-order valence-corrected chi connectivity index (χ3v) is 6.03. The lowest BCUT2D eigenvalue weighted by molar-refractivity contribution is 0.105. The molecule has 5 nitrogen and oxygen atoms in total. The van der Waals surface area contributed by atoms with Crippen molar-refractivity contribution in [2.75, 3.05) is 33.0 Å². The summed E-state index contributed by atoms with van der Waals surface area (Å²) in [5.74, 6) is 2.16. The molecule has 3 aromatic rings. The minimum Gasteiger partial charge on any atom is -0.492 e. The summed E-state index contributed by atoms with van der Waals surface area (Å²) in [5, 5.41) is 0. The molecular weight excluding hydrogens is 414 g/mol. The van der Waals surface area contributed by atoms with Gasteiger partial charge in [-0.2, -0.15) is 0 Å². The summed E-state index contributed by atoms with van der Waals surface area (Å²) < 4.78 is 16.8. The van der Waals surface area contributed by atoms with E-state index in [2.05, 4.69) is 4.90 Å². The highest BCUT2D eigenvalue weighted by atomic mass is 16.7. The molecule has 0 aromatic heterocycles. The van der Waals surface area contributed by atoms with Crippen molar-refractivity contribution in [3.8, 4) is 17.2 Å². The van der Waals surface area contributed by atoms with E-state index in [1.54, 1.807) is 0 Å². The van der Waals surface area contributed by atoms with Gasteiger partial charge in [0.2, 0.25) is 6.79 Å². The van der Waals surface area contributed by atoms with Gasteiger partial charge in [-0.05, 0) is 79.5 Å². The van der Waals surface area contributed by atoms with Gasteiger partial charge in [-0.3, -0.25) is 9.69 Å². The van der Waals surface area contributed by atoms with Gasteiger partial charge in [0, 0.05) is 17.7 Å². The predicted octanol–water partition coefficient (Wildman–Crippen LogP) is 5.31. The Morgan fingerprint density at radius 1 is 0.879 bits per heavy atom. The van der Waals surface area contributed by atoms with Gasteiger partial charge in [-0.15, -0.1) is 0 Å². The summed E-state index contributed by atoms with van der Waals surface area (Å²) in [6, 6.07) is 22.8. The molecular formula is C28H27NO4. The van der Waals surface area contributed by atoms with Crippen molar-refractivity contribution < 1.29 is 19.0 Å². The fourth-order valence-electron chi connectivity index (χ4n) is 4.22. The maximum absolute atomic E-state index is 13.5. The molecule has 0 N–H and O–H groups in total. The lowest BCUT2D eigenvalue weighted by Crippen LogP contribution is -2.25. The number of carbonyl (C=O) groups excluding carboxylic acids is 1. The first-order chi connectivity index (χ1) is 16.3. The molecule has 1 saturated heterocycles. The molecule has 2 aliphatic heterocycles. The van der Waals surface area contributed by atoms with Gasteiger partial charge in [0.25, 0.3) is 0 Å². The molecule has 0 aliphatic carbocycles. The summed E-state index contributed by atoms with van der Waals surface area (Å²) in [6.07, 6.45) is 4.46. The van der Waals surface area contributed by atoms with Crippen molar-refractivity contribution in [3.63, 3.8) is 0 Å². The van der Waals surface area contributed by atoms with Gasteiger partial charge in [-0.25, -0.2) is 0 Å². The quantitative estimate of drug-likeness (QED) is 0.269. The number of hydrogen-bond acceptors (Lipinski definition) is 5. The fraction of sp³-hybridized carbons (Fsp3) is 0.250. The van der Waals surface area contributed by atoms with E-state index in [1.807, 2.05) is 78.9 Å². The number of rotatable bonds is 8. The number of carbonyl (C=O) groups is 1. The Balaban J connectivity index is 1.34. The summed E-state index contributed by atoms with van der Waals surface area (Å²) in [7, 11) is 0. The number of ether oxygens (including phenoxy) is 3. The van der Waals surface area contributed by atoms with Crippen LogP contribution in [0.1, 0.15) is 34.3 Å². The van der Waals surface area contributed by atoms with E-state index in [0.717, 1.165) is 42.3 Å². The second-order valence-electron chi connectivity index (χ2n) is 8.29. The van der Waals surface area contributed by atoms with Crippen molar-refractivity contribution in [2.45, 2.75) is 12.8 Å². The van der Waals surface area contributed by atoms with Crippen molar-refractivity contribution >= 4 is 17.4 Å². The van der Waals surface area contributed by atoms with Crippen LogP contribution >= 0.6 is 0 Å². The average molecular weight is 442 g/mol. The molecule has 0 bridgehead atoms. The first-order valence-electron chi connectivity index (χ1n) is 11.4. The van der Waals surface area contributed by atoms with Crippen LogP contribution in [0.4, 0.5) is 0 Å². The van der Waals surface area contributed by atoms with E-state index in [0.29, 0.717) is 23.5 Å². The molecule has 0 spiro atoms. The summed E-state index contributed by atoms with van der Waals surface area (Å²) >= 11 is 0. The van der Waals surface area contributed by atoms with Gasteiger partial charge in [0.15, 0.2) is 17.3 Å². The molecule has 2 aliphatic rings. The molecule has 0 atom stereocenters. The Kier molecular flexibility index (Phi) is 6.40. The highest BCUT2D eigenvalue weighted by Gasteiger charge is 2.17. The third kappa shape index (κ3) is 5.10. The number of benzene rings is 3. The SMILES string of the molecule is O=C(C(=Cc1ccc2c(c1)OCO2)c1ccccc1)c1ccc(OCCN2CCCC2)cc1. The van der Waals surface area contributed by atoms with Crippen molar-refractivity contribution in [1.82, 2.24) is 4.90 Å². The van der Waals surface area contributed by atoms with Gasteiger partial charge in [0.1, 0.15) is 12.4 Å². The number of allylic oxidation sites excluding steroid dienone is 1. The number of hydrogen-bond donors (Lipinski definition) is 0. The zero-order chi connectivity index (χ0) is 22.5.